The first-order valence-electron chi connectivity index (χ1n) is 7.33. The lowest BCUT2D eigenvalue weighted by molar-refractivity contribution is -0.121. The molecule has 1 atom stereocenters. The highest BCUT2D eigenvalue weighted by Crippen LogP contribution is 2.12. The number of nitrogens with one attached hydrogen (secondary N) is 2. The molecule has 6 nitrogen and oxygen atoms in total. The van der Waals surface area contributed by atoms with Gasteiger partial charge in [0.2, 0.25) is 5.91 Å². The maximum atomic E-state index is 12.1. The van der Waals surface area contributed by atoms with Crippen LogP contribution in [0.4, 0.5) is 0 Å². The minimum Gasteiger partial charge on any atom is -0.352 e. The van der Waals surface area contributed by atoms with E-state index in [4.69, 9.17) is 0 Å². The second kappa shape index (κ2) is 10.6. The van der Waals surface area contributed by atoms with Crippen molar-refractivity contribution in [2.24, 2.45) is 0 Å². The fourth-order valence-corrected chi connectivity index (χ4v) is 3.37. The first-order chi connectivity index (χ1) is 10.8. The zero-order chi connectivity index (χ0) is 15.2. The van der Waals surface area contributed by atoms with Crippen molar-refractivity contribution in [3.05, 3.63) is 42.6 Å². The first kappa shape index (κ1) is 20.8. The second-order valence-corrected chi connectivity index (χ2v) is 6.31. The van der Waals surface area contributed by atoms with Gasteiger partial charge in [0.15, 0.2) is 0 Å². The van der Waals surface area contributed by atoms with Crippen LogP contribution >= 0.6 is 36.6 Å². The number of imidazole rings is 1. The summed E-state index contributed by atoms with van der Waals surface area (Å²) in [6, 6.07) is 4.12. The van der Waals surface area contributed by atoms with E-state index in [1.807, 2.05) is 34.7 Å². The van der Waals surface area contributed by atoms with Crippen LogP contribution in [0.3, 0.4) is 0 Å². The maximum absolute atomic E-state index is 12.1. The molecule has 1 amide bonds. The third-order valence-corrected chi connectivity index (χ3v) is 4.65. The molecule has 132 valence electrons. The maximum Gasteiger partial charge on any atom is 0.221 e. The molecule has 24 heavy (non-hydrogen) atoms. The van der Waals surface area contributed by atoms with Crippen LogP contribution in [0.25, 0.3) is 5.82 Å². The summed E-state index contributed by atoms with van der Waals surface area (Å²) in [6.07, 6.45) is 7.52. The van der Waals surface area contributed by atoms with E-state index in [1.54, 1.807) is 18.7 Å². The van der Waals surface area contributed by atoms with Crippen molar-refractivity contribution in [1.82, 2.24) is 25.2 Å². The largest absolute Gasteiger partial charge is 0.352 e. The number of hydrogen-bond acceptors (Lipinski definition) is 5. The van der Waals surface area contributed by atoms with Crippen LogP contribution in [0.5, 0.6) is 0 Å². The van der Waals surface area contributed by atoms with Gasteiger partial charge in [-0.2, -0.15) is 11.8 Å². The van der Waals surface area contributed by atoms with Crippen LogP contribution in [0.2, 0.25) is 0 Å². The highest BCUT2D eigenvalue weighted by atomic mass is 35.5. The number of halogens is 2. The summed E-state index contributed by atoms with van der Waals surface area (Å²) >= 11 is 1.90. The number of carbonyl (C=O) groups excluding carboxylic acids is 1. The fraction of sp³-hybridized carbons (Fsp3) is 0.400. The standard InChI is InChI=1S/C15H19N5OS.2ClH/c21-14(8-13-10-22-7-5-17-13)19-9-12-2-1-3-18-15(12)20-6-4-16-11-20;;/h1-4,6,11,13,17H,5,7-10H2,(H,19,21);2*1H. The lowest BCUT2D eigenvalue weighted by Gasteiger charge is -2.22. The summed E-state index contributed by atoms with van der Waals surface area (Å²) < 4.78 is 1.85. The fourth-order valence-electron chi connectivity index (χ4n) is 2.43. The summed E-state index contributed by atoms with van der Waals surface area (Å²) in [6.45, 7) is 1.45. The molecule has 2 aromatic rings. The molecule has 0 saturated carbocycles. The smallest absolute Gasteiger partial charge is 0.221 e. The second-order valence-electron chi connectivity index (χ2n) is 5.16. The third-order valence-electron chi connectivity index (χ3n) is 3.52. The molecule has 0 radical (unpaired) electrons. The van der Waals surface area contributed by atoms with E-state index in [-0.39, 0.29) is 36.8 Å². The van der Waals surface area contributed by atoms with E-state index in [1.165, 1.54) is 0 Å². The topological polar surface area (TPSA) is 71.8 Å². The van der Waals surface area contributed by atoms with E-state index < -0.39 is 0 Å². The predicted octanol–water partition coefficient (Wildman–Crippen LogP) is 1.82. The molecule has 0 aliphatic carbocycles. The Morgan fingerprint density at radius 2 is 2.29 bits per heavy atom. The number of nitrogens with zero attached hydrogens (tertiary/aromatic N) is 3. The number of rotatable bonds is 5. The molecule has 0 aromatic carbocycles. The number of amides is 1. The van der Waals surface area contributed by atoms with Crippen molar-refractivity contribution in [2.75, 3.05) is 18.1 Å². The van der Waals surface area contributed by atoms with Gasteiger partial charge in [-0.15, -0.1) is 24.8 Å². The molecule has 1 fully saturated rings. The monoisotopic (exact) mass is 389 g/mol. The van der Waals surface area contributed by atoms with Crippen molar-refractivity contribution >= 4 is 42.5 Å². The lowest BCUT2D eigenvalue weighted by Crippen LogP contribution is -2.41. The number of aromatic nitrogens is 3. The summed E-state index contributed by atoms with van der Waals surface area (Å²) in [5.74, 6) is 3.00. The highest BCUT2D eigenvalue weighted by Gasteiger charge is 2.16. The highest BCUT2D eigenvalue weighted by molar-refractivity contribution is 7.99. The predicted molar refractivity (Wildman–Crippen MR) is 101 cm³/mol. The van der Waals surface area contributed by atoms with E-state index >= 15 is 0 Å². The van der Waals surface area contributed by atoms with Gasteiger partial charge in [0, 0.05) is 61.2 Å². The summed E-state index contributed by atoms with van der Waals surface area (Å²) in [5.41, 5.74) is 0.972. The SMILES string of the molecule is Cl.Cl.O=C(CC1CSCCN1)NCc1cccnc1-n1ccnc1. The summed E-state index contributed by atoms with van der Waals surface area (Å²) in [4.78, 5) is 20.5. The minimum absolute atomic E-state index is 0. The average Bonchev–Trinajstić information content (AvgIpc) is 3.08. The molecule has 2 N–H and O–H groups in total. The van der Waals surface area contributed by atoms with Crippen LogP contribution in [0.1, 0.15) is 12.0 Å². The lowest BCUT2D eigenvalue weighted by atomic mass is 10.2. The van der Waals surface area contributed by atoms with E-state index in [0.29, 0.717) is 13.0 Å². The van der Waals surface area contributed by atoms with Crippen molar-refractivity contribution in [2.45, 2.75) is 19.0 Å². The molecular formula is C15H21Cl2N5OS. The van der Waals surface area contributed by atoms with Crippen LogP contribution in [0, 0.1) is 0 Å². The van der Waals surface area contributed by atoms with E-state index in [0.717, 1.165) is 29.4 Å². The van der Waals surface area contributed by atoms with Crippen molar-refractivity contribution < 1.29 is 4.79 Å². The molecule has 0 spiro atoms. The molecule has 2 aromatic heterocycles. The van der Waals surface area contributed by atoms with Crippen LogP contribution in [0.15, 0.2) is 37.1 Å². The van der Waals surface area contributed by atoms with Crippen molar-refractivity contribution in [3.8, 4) is 5.82 Å². The Labute approximate surface area is 158 Å². The Bertz CT molecular complexity index is 620. The Kier molecular flexibility index (Phi) is 9.13. The first-order valence-corrected chi connectivity index (χ1v) is 8.48. The molecule has 1 unspecified atom stereocenters. The number of pyridine rings is 1. The van der Waals surface area contributed by atoms with Crippen molar-refractivity contribution in [1.29, 1.82) is 0 Å². The van der Waals surface area contributed by atoms with Gasteiger partial charge in [-0.25, -0.2) is 9.97 Å². The van der Waals surface area contributed by atoms with Gasteiger partial charge in [-0.1, -0.05) is 6.07 Å². The molecule has 1 saturated heterocycles. The zero-order valence-corrected chi connectivity index (χ0v) is 15.5. The van der Waals surface area contributed by atoms with Gasteiger partial charge < -0.3 is 10.6 Å². The number of carbonyl (C=O) groups is 1. The zero-order valence-electron chi connectivity index (χ0n) is 13.1. The summed E-state index contributed by atoms with van der Waals surface area (Å²) in [5, 5.41) is 6.36. The van der Waals surface area contributed by atoms with Gasteiger partial charge >= 0.3 is 0 Å². The Morgan fingerprint density at radius 1 is 1.42 bits per heavy atom. The quantitative estimate of drug-likeness (QED) is 0.815. The van der Waals surface area contributed by atoms with E-state index in [2.05, 4.69) is 20.6 Å². The Morgan fingerprint density at radius 3 is 3.00 bits per heavy atom. The van der Waals surface area contributed by atoms with Crippen LogP contribution in [-0.4, -0.2) is 44.5 Å². The number of hydrogen-bond donors (Lipinski definition) is 2. The molecular weight excluding hydrogens is 369 g/mol. The van der Waals surface area contributed by atoms with Crippen LogP contribution < -0.4 is 10.6 Å². The Balaban J connectivity index is 0.00000144. The minimum atomic E-state index is 0. The van der Waals surface area contributed by atoms with Gasteiger partial charge in [0.25, 0.3) is 0 Å². The van der Waals surface area contributed by atoms with Gasteiger partial charge in [-0.3, -0.25) is 9.36 Å². The number of thioether (sulfide) groups is 1. The van der Waals surface area contributed by atoms with E-state index in [9.17, 15) is 4.79 Å². The van der Waals surface area contributed by atoms with Gasteiger partial charge in [0.1, 0.15) is 12.1 Å². The molecule has 3 heterocycles. The summed E-state index contributed by atoms with van der Waals surface area (Å²) in [7, 11) is 0. The normalized spacial score (nSPS) is 16.6. The molecule has 1 aliphatic rings. The molecule has 9 heteroatoms. The molecule has 3 rings (SSSR count). The van der Waals surface area contributed by atoms with Gasteiger partial charge in [0.05, 0.1) is 0 Å². The average molecular weight is 390 g/mol. The molecule has 1 aliphatic heterocycles. The molecule has 0 bridgehead atoms. The third kappa shape index (κ3) is 5.66. The van der Waals surface area contributed by atoms with Crippen LogP contribution in [-0.2, 0) is 11.3 Å². The Hall–Kier alpha value is -1.28. The van der Waals surface area contributed by atoms with Gasteiger partial charge in [-0.05, 0) is 6.07 Å². The van der Waals surface area contributed by atoms with Crippen molar-refractivity contribution in [3.63, 3.8) is 0 Å².